The van der Waals surface area contributed by atoms with Gasteiger partial charge in [0.15, 0.2) is 11.5 Å². The van der Waals surface area contributed by atoms with Gasteiger partial charge in [0.2, 0.25) is 0 Å². The number of phenolic OH excluding ortho intramolecular Hbond substituents is 1. The predicted molar refractivity (Wildman–Crippen MR) is 99.9 cm³/mol. The Balaban J connectivity index is 1.81. The summed E-state index contributed by atoms with van der Waals surface area (Å²) in [5, 5.41) is 9.74. The van der Waals surface area contributed by atoms with E-state index in [0.29, 0.717) is 5.76 Å². The molecule has 0 spiro atoms. The fourth-order valence-electron chi connectivity index (χ4n) is 3.41. The standard InChI is InChI=1S/C20H21N3O2/c1-3-23(4-2)12-5-8-17-18(9-12)25-19-11-16(21)15-10-13(24)6-7-14(15)20(19)22-17/h5-11,16,24H,3-4,21H2,1-2H3. The van der Waals surface area contributed by atoms with Crippen molar-refractivity contribution in [1.29, 1.82) is 0 Å². The van der Waals surface area contributed by atoms with Gasteiger partial charge in [-0.3, -0.25) is 0 Å². The minimum atomic E-state index is -0.330. The Morgan fingerprint density at radius 2 is 1.96 bits per heavy atom. The molecule has 2 aromatic rings. The highest BCUT2D eigenvalue weighted by Crippen LogP contribution is 2.41. The van der Waals surface area contributed by atoms with E-state index in [9.17, 15) is 5.11 Å². The number of aromatic hydroxyl groups is 1. The SMILES string of the molecule is CCN(CC)c1ccc2c(c1)OC1=CC(N)c3cc(O)ccc3C1=N2. The van der Waals surface area contributed by atoms with E-state index in [4.69, 9.17) is 15.5 Å². The average Bonchev–Trinajstić information content (AvgIpc) is 2.61. The van der Waals surface area contributed by atoms with Crippen LogP contribution in [0.1, 0.15) is 31.0 Å². The third kappa shape index (κ3) is 2.57. The quantitative estimate of drug-likeness (QED) is 0.898. The molecule has 2 aromatic carbocycles. The predicted octanol–water partition coefficient (Wildman–Crippen LogP) is 3.65. The van der Waals surface area contributed by atoms with Crippen LogP contribution in [0, 0.1) is 0 Å². The number of nitrogens with zero attached hydrogens (tertiary/aromatic N) is 2. The van der Waals surface area contributed by atoms with Crippen LogP contribution in [-0.2, 0) is 0 Å². The number of benzene rings is 2. The van der Waals surface area contributed by atoms with Gasteiger partial charge < -0.3 is 20.5 Å². The molecule has 4 rings (SSSR count). The molecule has 0 amide bonds. The van der Waals surface area contributed by atoms with Crippen LogP contribution < -0.4 is 15.4 Å². The molecule has 2 aliphatic rings. The van der Waals surface area contributed by atoms with Crippen molar-refractivity contribution in [2.75, 3.05) is 18.0 Å². The van der Waals surface area contributed by atoms with E-state index in [1.54, 1.807) is 12.1 Å². The molecule has 1 unspecified atom stereocenters. The maximum absolute atomic E-state index is 9.74. The van der Waals surface area contributed by atoms with Crippen LogP contribution >= 0.6 is 0 Å². The highest BCUT2D eigenvalue weighted by molar-refractivity contribution is 6.16. The Morgan fingerprint density at radius 1 is 1.16 bits per heavy atom. The number of hydrogen-bond donors (Lipinski definition) is 2. The van der Waals surface area contributed by atoms with Gasteiger partial charge in [0.05, 0.1) is 6.04 Å². The molecule has 1 heterocycles. The lowest BCUT2D eigenvalue weighted by molar-refractivity contribution is 0.443. The minimum absolute atomic E-state index is 0.202. The number of phenols is 1. The molecule has 1 atom stereocenters. The van der Waals surface area contributed by atoms with Gasteiger partial charge in [-0.2, -0.15) is 0 Å². The van der Waals surface area contributed by atoms with Crippen molar-refractivity contribution in [3.8, 4) is 11.5 Å². The van der Waals surface area contributed by atoms with Gasteiger partial charge in [0.25, 0.3) is 0 Å². The van der Waals surface area contributed by atoms with Gasteiger partial charge in [-0.05, 0) is 55.8 Å². The molecule has 0 saturated heterocycles. The molecule has 1 aliphatic heterocycles. The van der Waals surface area contributed by atoms with Crippen molar-refractivity contribution in [1.82, 2.24) is 0 Å². The zero-order valence-corrected chi connectivity index (χ0v) is 14.4. The van der Waals surface area contributed by atoms with Gasteiger partial charge in [0.1, 0.15) is 17.1 Å². The number of hydrogen-bond acceptors (Lipinski definition) is 5. The van der Waals surface area contributed by atoms with E-state index in [1.807, 2.05) is 24.3 Å². The summed E-state index contributed by atoms with van der Waals surface area (Å²) >= 11 is 0. The molecular formula is C20H21N3O2. The third-order valence-electron chi connectivity index (χ3n) is 4.74. The first-order valence-corrected chi connectivity index (χ1v) is 8.57. The summed E-state index contributed by atoms with van der Waals surface area (Å²) in [5.74, 6) is 1.62. The zero-order chi connectivity index (χ0) is 17.6. The van der Waals surface area contributed by atoms with Crippen LogP contribution in [-0.4, -0.2) is 23.9 Å². The number of aliphatic imine (C=N–C) groups is 1. The number of nitrogens with two attached hydrogens (primary N) is 1. The molecule has 0 bridgehead atoms. The van der Waals surface area contributed by atoms with E-state index < -0.39 is 0 Å². The fourth-order valence-corrected chi connectivity index (χ4v) is 3.41. The van der Waals surface area contributed by atoms with Gasteiger partial charge in [0, 0.05) is 30.4 Å². The Hall–Kier alpha value is -2.79. The van der Waals surface area contributed by atoms with Crippen molar-refractivity contribution < 1.29 is 9.84 Å². The van der Waals surface area contributed by atoms with E-state index in [-0.39, 0.29) is 11.8 Å². The van der Waals surface area contributed by atoms with E-state index in [1.165, 1.54) is 0 Å². The molecule has 5 heteroatoms. The van der Waals surface area contributed by atoms with E-state index >= 15 is 0 Å². The first-order valence-electron chi connectivity index (χ1n) is 8.57. The van der Waals surface area contributed by atoms with Crippen LogP contribution in [0.15, 0.2) is 53.2 Å². The van der Waals surface area contributed by atoms with Crippen LogP contribution in [0.4, 0.5) is 11.4 Å². The monoisotopic (exact) mass is 335 g/mol. The van der Waals surface area contributed by atoms with E-state index in [0.717, 1.165) is 47.1 Å². The lowest BCUT2D eigenvalue weighted by Crippen LogP contribution is -2.25. The largest absolute Gasteiger partial charge is 0.508 e. The molecule has 0 saturated carbocycles. The molecule has 0 fully saturated rings. The Morgan fingerprint density at radius 3 is 2.72 bits per heavy atom. The molecule has 0 aromatic heterocycles. The number of anilines is 1. The van der Waals surface area contributed by atoms with Crippen molar-refractivity contribution in [2.45, 2.75) is 19.9 Å². The first kappa shape index (κ1) is 15.7. The molecule has 25 heavy (non-hydrogen) atoms. The van der Waals surface area contributed by atoms with E-state index in [2.05, 4.69) is 24.8 Å². The zero-order valence-electron chi connectivity index (χ0n) is 14.4. The molecule has 3 N–H and O–H groups in total. The van der Waals surface area contributed by atoms with Gasteiger partial charge in [-0.15, -0.1) is 0 Å². The van der Waals surface area contributed by atoms with Gasteiger partial charge in [-0.25, -0.2) is 4.99 Å². The third-order valence-corrected chi connectivity index (χ3v) is 4.74. The Bertz CT molecular complexity index is 898. The normalized spacial score (nSPS) is 17.5. The Labute approximate surface area is 147 Å². The summed E-state index contributed by atoms with van der Waals surface area (Å²) in [6.07, 6.45) is 1.85. The van der Waals surface area contributed by atoms with Crippen LogP contribution in [0.3, 0.4) is 0 Å². The van der Waals surface area contributed by atoms with Crippen molar-refractivity contribution in [2.24, 2.45) is 10.7 Å². The summed E-state index contributed by atoms with van der Waals surface area (Å²) in [6.45, 7) is 6.15. The molecule has 1 aliphatic carbocycles. The first-order chi connectivity index (χ1) is 12.1. The molecular weight excluding hydrogens is 314 g/mol. The van der Waals surface area contributed by atoms with Crippen molar-refractivity contribution in [3.05, 3.63) is 59.4 Å². The average molecular weight is 335 g/mol. The summed E-state index contributed by atoms with van der Waals surface area (Å²) in [6, 6.07) is 10.9. The lowest BCUT2D eigenvalue weighted by Gasteiger charge is -2.28. The summed E-state index contributed by atoms with van der Waals surface area (Å²) < 4.78 is 6.13. The summed E-state index contributed by atoms with van der Waals surface area (Å²) in [5.41, 5.74) is 10.7. The van der Waals surface area contributed by atoms with Gasteiger partial charge in [-0.1, -0.05) is 0 Å². The second kappa shape index (κ2) is 5.93. The second-order valence-electron chi connectivity index (χ2n) is 6.22. The number of fused-ring (bicyclic) bond motifs is 4. The Kier molecular flexibility index (Phi) is 3.73. The van der Waals surface area contributed by atoms with Crippen LogP contribution in [0.5, 0.6) is 11.5 Å². The highest BCUT2D eigenvalue weighted by atomic mass is 16.5. The lowest BCUT2D eigenvalue weighted by atomic mass is 9.90. The fraction of sp³-hybridized carbons (Fsp3) is 0.250. The highest BCUT2D eigenvalue weighted by Gasteiger charge is 2.29. The van der Waals surface area contributed by atoms with Crippen LogP contribution in [0.25, 0.3) is 0 Å². The summed E-state index contributed by atoms with van der Waals surface area (Å²) in [7, 11) is 0. The minimum Gasteiger partial charge on any atom is -0.508 e. The van der Waals surface area contributed by atoms with Crippen molar-refractivity contribution in [3.63, 3.8) is 0 Å². The molecule has 5 nitrogen and oxygen atoms in total. The van der Waals surface area contributed by atoms with Gasteiger partial charge >= 0.3 is 0 Å². The van der Waals surface area contributed by atoms with Crippen LogP contribution in [0.2, 0.25) is 0 Å². The second-order valence-corrected chi connectivity index (χ2v) is 6.22. The smallest absolute Gasteiger partial charge is 0.155 e. The number of allylic oxidation sites excluding steroid dienone is 1. The topological polar surface area (TPSA) is 71.1 Å². The number of rotatable bonds is 3. The number of ether oxygens (including phenoxy) is 1. The molecule has 0 radical (unpaired) electrons. The summed E-state index contributed by atoms with van der Waals surface area (Å²) in [4.78, 5) is 7.06. The molecule has 128 valence electrons. The maximum atomic E-state index is 9.74. The van der Waals surface area contributed by atoms with Crippen molar-refractivity contribution >= 4 is 17.1 Å². The maximum Gasteiger partial charge on any atom is 0.155 e.